The molecule has 0 aliphatic carbocycles. The summed E-state index contributed by atoms with van der Waals surface area (Å²) in [6.07, 6.45) is 2.44. The Balaban J connectivity index is 1.76. The number of nitrogens with zero attached hydrogens (tertiary/aromatic N) is 3. The number of para-hydroxylation sites is 1. The molecule has 3 aromatic rings. The molecule has 1 atom stereocenters. The predicted molar refractivity (Wildman–Crippen MR) is 87.2 cm³/mol. The minimum atomic E-state index is -0.289. The van der Waals surface area contributed by atoms with Gasteiger partial charge in [-0.1, -0.05) is 23.4 Å². The van der Waals surface area contributed by atoms with Crippen molar-refractivity contribution in [1.82, 2.24) is 20.3 Å². The average molecular weight is 375 g/mol. The Labute approximate surface area is 141 Å². The highest BCUT2D eigenvalue weighted by atomic mass is 79.9. The first kappa shape index (κ1) is 14.4. The average Bonchev–Trinajstić information content (AvgIpc) is 3.14. The van der Waals surface area contributed by atoms with Crippen LogP contribution < -0.4 is 4.74 Å². The van der Waals surface area contributed by atoms with E-state index >= 15 is 0 Å². The highest BCUT2D eigenvalue weighted by Crippen LogP contribution is 2.43. The molecule has 1 unspecified atom stereocenters. The molecule has 0 spiro atoms. The van der Waals surface area contributed by atoms with Gasteiger partial charge in [0, 0.05) is 12.0 Å². The summed E-state index contributed by atoms with van der Waals surface area (Å²) in [7, 11) is 0. The number of nitrogens with one attached hydrogen (secondary N) is 1. The molecule has 0 bridgehead atoms. The summed E-state index contributed by atoms with van der Waals surface area (Å²) in [5.41, 5.74) is 1.49. The molecule has 1 aromatic carbocycles. The monoisotopic (exact) mass is 374 g/mol. The fraction of sp³-hybridized carbons (Fsp3) is 0.312. The van der Waals surface area contributed by atoms with E-state index in [9.17, 15) is 0 Å². The van der Waals surface area contributed by atoms with Gasteiger partial charge in [0.2, 0.25) is 11.7 Å². The first-order valence-electron chi connectivity index (χ1n) is 7.34. The Bertz CT molecular complexity index is 855. The summed E-state index contributed by atoms with van der Waals surface area (Å²) in [4.78, 5) is 4.57. The molecule has 0 saturated heterocycles. The van der Waals surface area contributed by atoms with Crippen LogP contribution in [0.5, 0.6) is 5.75 Å². The van der Waals surface area contributed by atoms with Gasteiger partial charge in [0.05, 0.1) is 16.6 Å². The molecule has 23 heavy (non-hydrogen) atoms. The first-order chi connectivity index (χ1) is 11.0. The quantitative estimate of drug-likeness (QED) is 0.735. The van der Waals surface area contributed by atoms with Gasteiger partial charge in [0.1, 0.15) is 17.0 Å². The second-order valence-electron chi connectivity index (χ2n) is 6.21. The van der Waals surface area contributed by atoms with E-state index in [1.54, 1.807) is 6.20 Å². The molecular formula is C16H15BrN4O2. The van der Waals surface area contributed by atoms with Gasteiger partial charge in [0.15, 0.2) is 0 Å². The van der Waals surface area contributed by atoms with Crippen LogP contribution in [0.3, 0.4) is 0 Å². The summed E-state index contributed by atoms with van der Waals surface area (Å²) >= 11 is 3.42. The Morgan fingerprint density at radius 3 is 2.91 bits per heavy atom. The van der Waals surface area contributed by atoms with Crippen LogP contribution >= 0.6 is 15.9 Å². The maximum Gasteiger partial charge on any atom is 0.234 e. The van der Waals surface area contributed by atoms with E-state index in [0.717, 1.165) is 22.2 Å². The Kier molecular flexibility index (Phi) is 3.26. The lowest BCUT2D eigenvalue weighted by Crippen LogP contribution is -2.35. The number of hydrogen-bond donors (Lipinski definition) is 1. The number of fused-ring (bicyclic) bond motifs is 1. The molecule has 4 rings (SSSR count). The lowest BCUT2D eigenvalue weighted by Gasteiger charge is -2.36. The molecule has 0 fully saturated rings. The van der Waals surface area contributed by atoms with Crippen molar-refractivity contribution in [2.24, 2.45) is 0 Å². The topological polar surface area (TPSA) is 76.8 Å². The van der Waals surface area contributed by atoms with Crippen molar-refractivity contribution in [3.63, 3.8) is 0 Å². The fourth-order valence-electron chi connectivity index (χ4n) is 2.93. The second-order valence-corrected chi connectivity index (χ2v) is 7.06. The summed E-state index contributed by atoms with van der Waals surface area (Å²) < 4.78 is 12.4. The molecule has 0 saturated carbocycles. The zero-order valence-electron chi connectivity index (χ0n) is 12.7. The van der Waals surface area contributed by atoms with Crippen molar-refractivity contribution in [2.45, 2.75) is 31.8 Å². The van der Waals surface area contributed by atoms with Gasteiger partial charge < -0.3 is 9.26 Å². The van der Waals surface area contributed by atoms with E-state index < -0.39 is 0 Å². The molecule has 1 N–H and O–H groups in total. The normalized spacial score (nSPS) is 19.2. The summed E-state index contributed by atoms with van der Waals surface area (Å²) in [5.74, 6) is 1.96. The van der Waals surface area contributed by atoms with Gasteiger partial charge in [-0.05, 0) is 35.8 Å². The summed E-state index contributed by atoms with van der Waals surface area (Å²) in [5, 5.41) is 10.9. The maximum absolute atomic E-state index is 6.06. The van der Waals surface area contributed by atoms with Crippen molar-refractivity contribution < 1.29 is 9.26 Å². The fourth-order valence-corrected chi connectivity index (χ4v) is 3.30. The van der Waals surface area contributed by atoms with Crippen molar-refractivity contribution >= 4 is 15.9 Å². The molecule has 1 aliphatic rings. The zero-order chi connectivity index (χ0) is 16.0. The van der Waals surface area contributed by atoms with Crippen LogP contribution in [0.25, 0.3) is 11.5 Å². The SMILES string of the molecule is CC1(C)CC(c2nc(-c3[nH]ncc3Br)no2)c2ccccc2O1. The number of H-pyrrole nitrogens is 1. The Morgan fingerprint density at radius 2 is 2.13 bits per heavy atom. The van der Waals surface area contributed by atoms with Crippen molar-refractivity contribution in [3.8, 4) is 17.3 Å². The highest BCUT2D eigenvalue weighted by Gasteiger charge is 2.37. The van der Waals surface area contributed by atoms with Crippen molar-refractivity contribution in [3.05, 3.63) is 46.4 Å². The largest absolute Gasteiger partial charge is 0.488 e. The maximum atomic E-state index is 6.06. The minimum Gasteiger partial charge on any atom is -0.488 e. The van der Waals surface area contributed by atoms with Gasteiger partial charge in [-0.3, -0.25) is 5.10 Å². The van der Waals surface area contributed by atoms with Crippen LogP contribution in [-0.2, 0) is 0 Å². The third kappa shape index (κ3) is 2.55. The molecule has 3 heterocycles. The number of hydrogen-bond acceptors (Lipinski definition) is 5. The molecule has 6 nitrogen and oxygen atoms in total. The van der Waals surface area contributed by atoms with Crippen LogP contribution in [0.4, 0.5) is 0 Å². The molecule has 7 heteroatoms. The lowest BCUT2D eigenvalue weighted by atomic mass is 9.84. The molecule has 118 valence electrons. The van der Waals surface area contributed by atoms with Crippen molar-refractivity contribution in [2.75, 3.05) is 0 Å². The number of aromatic amines is 1. The minimum absolute atomic E-state index is 0.0119. The van der Waals surface area contributed by atoms with Gasteiger partial charge in [-0.25, -0.2) is 0 Å². The molecule has 0 amide bonds. The zero-order valence-corrected chi connectivity index (χ0v) is 14.3. The van der Waals surface area contributed by atoms with Gasteiger partial charge in [0.25, 0.3) is 0 Å². The standard InChI is InChI=1S/C16H15BrN4O2/c1-16(2)7-10(9-5-3-4-6-12(9)22-16)15-19-14(21-23-15)13-11(17)8-18-20-13/h3-6,8,10H,7H2,1-2H3,(H,18,20). The summed E-state index contributed by atoms with van der Waals surface area (Å²) in [6.45, 7) is 4.14. The number of aromatic nitrogens is 4. The van der Waals surface area contributed by atoms with Crippen LogP contribution in [0.2, 0.25) is 0 Å². The predicted octanol–water partition coefficient (Wildman–Crippen LogP) is 3.92. The smallest absolute Gasteiger partial charge is 0.234 e. The van der Waals surface area contributed by atoms with Gasteiger partial charge in [-0.15, -0.1) is 0 Å². The third-order valence-corrected chi connectivity index (χ3v) is 4.53. The van der Waals surface area contributed by atoms with Gasteiger partial charge >= 0.3 is 0 Å². The molecule has 1 aliphatic heterocycles. The van der Waals surface area contributed by atoms with Crippen molar-refractivity contribution in [1.29, 1.82) is 0 Å². The lowest BCUT2D eigenvalue weighted by molar-refractivity contribution is 0.0725. The highest BCUT2D eigenvalue weighted by molar-refractivity contribution is 9.10. The summed E-state index contributed by atoms with van der Waals surface area (Å²) in [6, 6.07) is 7.99. The van der Waals surface area contributed by atoms with E-state index in [1.807, 2.05) is 24.3 Å². The third-order valence-electron chi connectivity index (χ3n) is 3.93. The van der Waals surface area contributed by atoms with Crippen LogP contribution in [-0.4, -0.2) is 25.9 Å². The number of ether oxygens (including phenoxy) is 1. The van der Waals surface area contributed by atoms with Crippen LogP contribution in [0.1, 0.15) is 37.6 Å². The van der Waals surface area contributed by atoms with Crippen LogP contribution in [0, 0.1) is 0 Å². The molecule has 0 radical (unpaired) electrons. The number of benzene rings is 1. The van der Waals surface area contributed by atoms with E-state index in [2.05, 4.69) is 50.1 Å². The van der Waals surface area contributed by atoms with E-state index in [0.29, 0.717) is 17.4 Å². The van der Waals surface area contributed by atoms with E-state index in [-0.39, 0.29) is 11.5 Å². The van der Waals surface area contributed by atoms with Gasteiger partial charge in [-0.2, -0.15) is 10.1 Å². The molecular weight excluding hydrogens is 360 g/mol. The first-order valence-corrected chi connectivity index (χ1v) is 8.13. The number of halogens is 1. The van der Waals surface area contributed by atoms with Crippen LogP contribution in [0.15, 0.2) is 39.5 Å². The Morgan fingerprint density at radius 1 is 1.30 bits per heavy atom. The molecule has 2 aromatic heterocycles. The van der Waals surface area contributed by atoms with E-state index in [1.165, 1.54) is 0 Å². The second kappa shape index (κ2) is 5.19. The Hall–Kier alpha value is -2.15. The van der Waals surface area contributed by atoms with E-state index in [4.69, 9.17) is 9.26 Å². The number of rotatable bonds is 2.